The van der Waals surface area contributed by atoms with E-state index >= 15 is 0 Å². The van der Waals surface area contributed by atoms with Gasteiger partial charge in [0, 0.05) is 6.54 Å². The predicted octanol–water partition coefficient (Wildman–Crippen LogP) is 2.70. The zero-order chi connectivity index (χ0) is 14.5. The van der Waals surface area contributed by atoms with Crippen molar-refractivity contribution in [2.45, 2.75) is 19.4 Å². The Morgan fingerprint density at radius 1 is 1.24 bits per heavy atom. The van der Waals surface area contributed by atoms with E-state index in [1.807, 2.05) is 6.07 Å². The van der Waals surface area contributed by atoms with Crippen LogP contribution in [0.3, 0.4) is 0 Å². The molecular formula is C16H23NO3S. The third-order valence-electron chi connectivity index (χ3n) is 3.99. The minimum atomic E-state index is 0.584. The standard InChI is InChI=1S/C16H23NO3S/c1-18-14-8-13(9-15-16(14)20-5-4-19-15)11-17-10-12-2-6-21-7-3-12/h8-9,12,17H,2-7,10-11H2,1H3. The number of rotatable bonds is 5. The van der Waals surface area contributed by atoms with Gasteiger partial charge in [0.25, 0.3) is 0 Å². The van der Waals surface area contributed by atoms with E-state index in [1.165, 1.54) is 29.9 Å². The molecule has 4 nitrogen and oxygen atoms in total. The molecule has 1 fully saturated rings. The van der Waals surface area contributed by atoms with Crippen LogP contribution in [0.25, 0.3) is 0 Å². The summed E-state index contributed by atoms with van der Waals surface area (Å²) in [7, 11) is 1.67. The quantitative estimate of drug-likeness (QED) is 0.905. The highest BCUT2D eigenvalue weighted by molar-refractivity contribution is 7.99. The molecule has 0 saturated carbocycles. The van der Waals surface area contributed by atoms with E-state index in [9.17, 15) is 0 Å². The minimum absolute atomic E-state index is 0.584. The molecular weight excluding hydrogens is 286 g/mol. The van der Waals surface area contributed by atoms with Crippen LogP contribution < -0.4 is 19.5 Å². The molecule has 3 rings (SSSR count). The lowest BCUT2D eigenvalue weighted by Gasteiger charge is -2.23. The lowest BCUT2D eigenvalue weighted by Crippen LogP contribution is -2.25. The summed E-state index contributed by atoms with van der Waals surface area (Å²) in [6, 6.07) is 4.10. The first kappa shape index (κ1) is 14.9. The zero-order valence-electron chi connectivity index (χ0n) is 12.5. The molecule has 1 N–H and O–H groups in total. The molecule has 0 amide bonds. The molecule has 0 bridgehead atoms. The van der Waals surface area contributed by atoms with Gasteiger partial charge in [-0.05, 0) is 54.5 Å². The third-order valence-corrected chi connectivity index (χ3v) is 5.04. The first-order chi connectivity index (χ1) is 10.4. The fourth-order valence-corrected chi connectivity index (χ4v) is 4.00. The van der Waals surface area contributed by atoms with Crippen molar-refractivity contribution in [2.75, 3.05) is 38.4 Å². The molecule has 0 spiro atoms. The van der Waals surface area contributed by atoms with Crippen LogP contribution in [-0.4, -0.2) is 38.4 Å². The monoisotopic (exact) mass is 309 g/mol. The van der Waals surface area contributed by atoms with Crippen LogP contribution in [0.2, 0.25) is 0 Å². The normalized spacial score (nSPS) is 18.5. The number of nitrogens with one attached hydrogen (secondary N) is 1. The lowest BCUT2D eigenvalue weighted by atomic mass is 10.0. The number of thioether (sulfide) groups is 1. The Balaban J connectivity index is 1.59. The van der Waals surface area contributed by atoms with Gasteiger partial charge in [0.2, 0.25) is 5.75 Å². The van der Waals surface area contributed by atoms with Gasteiger partial charge < -0.3 is 19.5 Å². The molecule has 1 saturated heterocycles. The second-order valence-corrected chi connectivity index (χ2v) is 6.73. The molecule has 116 valence electrons. The first-order valence-electron chi connectivity index (χ1n) is 7.62. The topological polar surface area (TPSA) is 39.7 Å². The largest absolute Gasteiger partial charge is 0.493 e. The minimum Gasteiger partial charge on any atom is -0.493 e. The summed E-state index contributed by atoms with van der Waals surface area (Å²) in [4.78, 5) is 0. The van der Waals surface area contributed by atoms with Gasteiger partial charge in [-0.25, -0.2) is 0 Å². The Labute approximate surface area is 130 Å². The Morgan fingerprint density at radius 2 is 2.05 bits per heavy atom. The van der Waals surface area contributed by atoms with Crippen molar-refractivity contribution >= 4 is 11.8 Å². The summed E-state index contributed by atoms with van der Waals surface area (Å²) in [6.07, 6.45) is 2.67. The summed E-state index contributed by atoms with van der Waals surface area (Å²) in [6.45, 7) is 3.13. The molecule has 2 aliphatic rings. The average Bonchev–Trinajstić information content (AvgIpc) is 2.55. The molecule has 2 heterocycles. The second kappa shape index (κ2) is 7.27. The molecule has 2 aliphatic heterocycles. The summed E-state index contributed by atoms with van der Waals surface area (Å²) in [5, 5.41) is 3.57. The van der Waals surface area contributed by atoms with Gasteiger partial charge in [-0.15, -0.1) is 0 Å². The maximum atomic E-state index is 5.67. The Morgan fingerprint density at radius 3 is 2.86 bits per heavy atom. The fraction of sp³-hybridized carbons (Fsp3) is 0.625. The summed E-state index contributed by atoms with van der Waals surface area (Å²) in [5.74, 6) is 5.74. The van der Waals surface area contributed by atoms with Gasteiger partial charge in [-0.3, -0.25) is 0 Å². The van der Waals surface area contributed by atoms with Gasteiger partial charge in [-0.2, -0.15) is 11.8 Å². The highest BCUT2D eigenvalue weighted by Crippen LogP contribution is 2.40. The SMILES string of the molecule is COc1cc(CNCC2CCSCC2)cc2c1OCCO2. The van der Waals surface area contributed by atoms with Gasteiger partial charge in [0.05, 0.1) is 7.11 Å². The molecule has 0 radical (unpaired) electrons. The molecule has 0 aliphatic carbocycles. The van der Waals surface area contributed by atoms with E-state index in [-0.39, 0.29) is 0 Å². The highest BCUT2D eigenvalue weighted by Gasteiger charge is 2.18. The van der Waals surface area contributed by atoms with Crippen LogP contribution in [0.5, 0.6) is 17.2 Å². The zero-order valence-corrected chi connectivity index (χ0v) is 13.3. The smallest absolute Gasteiger partial charge is 0.203 e. The van der Waals surface area contributed by atoms with Crippen molar-refractivity contribution in [2.24, 2.45) is 5.92 Å². The van der Waals surface area contributed by atoms with Gasteiger partial charge >= 0.3 is 0 Å². The molecule has 0 atom stereocenters. The molecule has 1 aromatic carbocycles. The van der Waals surface area contributed by atoms with Crippen LogP contribution in [-0.2, 0) is 6.54 Å². The second-order valence-electron chi connectivity index (χ2n) is 5.51. The Kier molecular flexibility index (Phi) is 5.14. The predicted molar refractivity (Wildman–Crippen MR) is 85.7 cm³/mol. The van der Waals surface area contributed by atoms with E-state index in [2.05, 4.69) is 23.1 Å². The maximum absolute atomic E-state index is 5.67. The van der Waals surface area contributed by atoms with E-state index < -0.39 is 0 Å². The van der Waals surface area contributed by atoms with Crippen molar-refractivity contribution < 1.29 is 14.2 Å². The van der Waals surface area contributed by atoms with Crippen molar-refractivity contribution in [1.82, 2.24) is 5.32 Å². The number of fused-ring (bicyclic) bond motifs is 1. The van der Waals surface area contributed by atoms with Crippen LogP contribution >= 0.6 is 11.8 Å². The van der Waals surface area contributed by atoms with E-state index in [0.717, 1.165) is 36.3 Å². The van der Waals surface area contributed by atoms with Crippen molar-refractivity contribution in [3.05, 3.63) is 17.7 Å². The van der Waals surface area contributed by atoms with Crippen LogP contribution in [0.4, 0.5) is 0 Å². The molecule has 21 heavy (non-hydrogen) atoms. The van der Waals surface area contributed by atoms with Gasteiger partial charge in [0.15, 0.2) is 11.5 Å². The van der Waals surface area contributed by atoms with E-state index in [1.54, 1.807) is 7.11 Å². The third kappa shape index (κ3) is 3.77. The molecule has 0 aromatic heterocycles. The molecule has 0 unspecified atom stereocenters. The number of hydrogen-bond donors (Lipinski definition) is 1. The number of hydrogen-bond acceptors (Lipinski definition) is 5. The van der Waals surface area contributed by atoms with Crippen LogP contribution in [0.15, 0.2) is 12.1 Å². The van der Waals surface area contributed by atoms with Gasteiger partial charge in [0.1, 0.15) is 13.2 Å². The van der Waals surface area contributed by atoms with Crippen molar-refractivity contribution in [3.8, 4) is 17.2 Å². The summed E-state index contributed by atoms with van der Waals surface area (Å²) >= 11 is 2.07. The van der Waals surface area contributed by atoms with Crippen molar-refractivity contribution in [3.63, 3.8) is 0 Å². The van der Waals surface area contributed by atoms with Gasteiger partial charge in [-0.1, -0.05) is 0 Å². The van der Waals surface area contributed by atoms with E-state index in [4.69, 9.17) is 14.2 Å². The van der Waals surface area contributed by atoms with Crippen LogP contribution in [0.1, 0.15) is 18.4 Å². The number of methoxy groups -OCH3 is 1. The Bertz CT molecular complexity index is 458. The number of ether oxygens (including phenoxy) is 3. The van der Waals surface area contributed by atoms with Crippen LogP contribution in [0, 0.1) is 5.92 Å². The lowest BCUT2D eigenvalue weighted by molar-refractivity contribution is 0.165. The van der Waals surface area contributed by atoms with E-state index in [0.29, 0.717) is 13.2 Å². The number of benzene rings is 1. The highest BCUT2D eigenvalue weighted by atomic mass is 32.2. The fourth-order valence-electron chi connectivity index (χ4n) is 2.80. The summed E-state index contributed by atoms with van der Waals surface area (Å²) < 4.78 is 16.7. The Hall–Kier alpha value is -1.07. The van der Waals surface area contributed by atoms with Crippen molar-refractivity contribution in [1.29, 1.82) is 0 Å². The average molecular weight is 309 g/mol. The molecule has 5 heteroatoms. The maximum Gasteiger partial charge on any atom is 0.203 e. The molecule has 1 aromatic rings. The summed E-state index contributed by atoms with van der Waals surface area (Å²) in [5.41, 5.74) is 1.18. The first-order valence-corrected chi connectivity index (χ1v) is 8.77.